The molecule has 0 unspecified atom stereocenters. The number of aromatic amines is 1. The second kappa shape index (κ2) is 9.28. The van der Waals surface area contributed by atoms with Gasteiger partial charge in [-0.25, -0.2) is 4.68 Å². The average Bonchev–Trinajstić information content (AvgIpc) is 3.04. The minimum Gasteiger partial charge on any atom is -0.314 e. The van der Waals surface area contributed by atoms with Crippen molar-refractivity contribution >= 4 is 29.5 Å². The van der Waals surface area contributed by atoms with Crippen molar-refractivity contribution in [1.29, 1.82) is 0 Å². The summed E-state index contributed by atoms with van der Waals surface area (Å²) in [5.41, 5.74) is 0.965. The highest BCUT2D eigenvalue weighted by atomic mass is 32.2. The van der Waals surface area contributed by atoms with Crippen molar-refractivity contribution < 1.29 is 0 Å². The lowest BCUT2D eigenvalue weighted by Gasteiger charge is -2.22. The molecule has 0 atom stereocenters. The second-order valence-corrected chi connectivity index (χ2v) is 10.1. The molecule has 0 amide bonds. The van der Waals surface area contributed by atoms with E-state index in [1.54, 1.807) is 28.4 Å². The van der Waals surface area contributed by atoms with E-state index in [-0.39, 0.29) is 5.56 Å². The van der Waals surface area contributed by atoms with E-state index in [4.69, 9.17) is 0 Å². The third kappa shape index (κ3) is 4.77. The molecule has 0 saturated heterocycles. The molecule has 4 nitrogen and oxygen atoms in total. The monoisotopic (exact) mass is 403 g/mol. The number of aromatic nitrogens is 2. The van der Waals surface area contributed by atoms with E-state index in [2.05, 4.69) is 9.82 Å². The molecule has 0 bridgehead atoms. The first-order valence-corrected chi connectivity index (χ1v) is 12.1. The molecule has 146 valence electrons. The normalized spacial score (nSPS) is 19.3. The highest BCUT2D eigenvalue weighted by Gasteiger charge is 2.23. The van der Waals surface area contributed by atoms with Gasteiger partial charge in [0, 0.05) is 10.5 Å². The molecule has 2 fully saturated rings. The Morgan fingerprint density at radius 1 is 0.889 bits per heavy atom. The van der Waals surface area contributed by atoms with Crippen LogP contribution in [0, 0.1) is 0 Å². The lowest BCUT2D eigenvalue weighted by molar-refractivity contribution is 0.516. The fourth-order valence-corrected chi connectivity index (χ4v) is 6.41. The predicted octanol–water partition coefficient (Wildman–Crippen LogP) is 5.98. The summed E-state index contributed by atoms with van der Waals surface area (Å²) in [4.78, 5) is 14.0. The van der Waals surface area contributed by atoms with Gasteiger partial charge >= 0.3 is 0 Å². The summed E-state index contributed by atoms with van der Waals surface area (Å²) < 4.78 is 5.21. The van der Waals surface area contributed by atoms with Crippen LogP contribution in [-0.4, -0.2) is 20.3 Å². The zero-order valence-electron chi connectivity index (χ0n) is 15.8. The van der Waals surface area contributed by atoms with E-state index in [1.807, 2.05) is 30.3 Å². The van der Waals surface area contributed by atoms with Gasteiger partial charge in [-0.15, -0.1) is 11.8 Å². The minimum absolute atomic E-state index is 0.0727. The Morgan fingerprint density at radius 2 is 1.52 bits per heavy atom. The first-order valence-electron chi connectivity index (χ1n) is 10.3. The van der Waals surface area contributed by atoms with Crippen LogP contribution in [0.3, 0.4) is 0 Å². The Labute approximate surface area is 170 Å². The molecular formula is C21H29N3OS2. The van der Waals surface area contributed by atoms with E-state index in [9.17, 15) is 4.79 Å². The molecule has 2 N–H and O–H groups in total. The highest BCUT2D eigenvalue weighted by molar-refractivity contribution is 8.01. The van der Waals surface area contributed by atoms with Crippen LogP contribution >= 0.6 is 23.7 Å². The van der Waals surface area contributed by atoms with Crippen molar-refractivity contribution in [1.82, 2.24) is 9.78 Å². The Morgan fingerprint density at radius 3 is 2.19 bits per heavy atom. The van der Waals surface area contributed by atoms with Crippen LogP contribution in [0.2, 0.25) is 0 Å². The molecule has 27 heavy (non-hydrogen) atoms. The predicted molar refractivity (Wildman–Crippen MR) is 117 cm³/mol. The first-order chi connectivity index (χ1) is 13.3. The summed E-state index contributed by atoms with van der Waals surface area (Å²) in [7, 11) is 0. The van der Waals surface area contributed by atoms with Crippen molar-refractivity contribution in [3.8, 4) is 5.69 Å². The molecule has 1 heterocycles. The number of para-hydroxylation sites is 1. The summed E-state index contributed by atoms with van der Waals surface area (Å²) in [5.74, 6) is 0.884. The molecule has 2 aliphatic carbocycles. The van der Waals surface area contributed by atoms with Gasteiger partial charge in [0.15, 0.2) is 0 Å². The van der Waals surface area contributed by atoms with Gasteiger partial charge in [0.25, 0.3) is 5.56 Å². The molecule has 0 aliphatic heterocycles. The molecule has 1 aromatic carbocycles. The van der Waals surface area contributed by atoms with Gasteiger partial charge in [0.05, 0.1) is 5.69 Å². The lowest BCUT2D eigenvalue weighted by atomic mass is 10.0. The Bertz CT molecular complexity index is 774. The van der Waals surface area contributed by atoms with Crippen LogP contribution < -0.4 is 10.3 Å². The number of rotatable bonds is 6. The Kier molecular flexibility index (Phi) is 6.56. The number of hydrogen-bond acceptors (Lipinski definition) is 4. The molecule has 1 aromatic heterocycles. The van der Waals surface area contributed by atoms with E-state index >= 15 is 0 Å². The van der Waals surface area contributed by atoms with Gasteiger partial charge in [0.2, 0.25) is 0 Å². The van der Waals surface area contributed by atoms with Gasteiger partial charge in [-0.2, -0.15) is 0 Å². The van der Waals surface area contributed by atoms with Gasteiger partial charge in [-0.3, -0.25) is 9.89 Å². The van der Waals surface area contributed by atoms with Crippen molar-refractivity contribution in [2.24, 2.45) is 0 Å². The molecule has 4 rings (SSSR count). The average molecular weight is 404 g/mol. The summed E-state index contributed by atoms with van der Waals surface area (Å²) in [6, 6.07) is 9.88. The molecule has 0 spiro atoms. The second-order valence-electron chi connectivity index (χ2n) is 7.65. The smallest absolute Gasteiger partial charge is 0.287 e. The zero-order chi connectivity index (χ0) is 18.5. The minimum atomic E-state index is 0.0727. The largest absolute Gasteiger partial charge is 0.314 e. The van der Waals surface area contributed by atoms with Crippen LogP contribution in [0.5, 0.6) is 0 Å². The maximum absolute atomic E-state index is 13.2. The summed E-state index contributed by atoms with van der Waals surface area (Å²) in [6.45, 7) is 0. The summed E-state index contributed by atoms with van der Waals surface area (Å²) >= 11 is 3.58. The van der Waals surface area contributed by atoms with Crippen LogP contribution in [0.15, 0.2) is 40.0 Å². The first kappa shape index (κ1) is 19.1. The Balaban J connectivity index is 1.57. The fourth-order valence-electron chi connectivity index (χ4n) is 4.03. The van der Waals surface area contributed by atoms with Crippen LogP contribution in [0.4, 0.5) is 5.82 Å². The summed E-state index contributed by atoms with van der Waals surface area (Å²) in [6.07, 6.45) is 12.9. The van der Waals surface area contributed by atoms with Crippen LogP contribution in [0.1, 0.15) is 64.2 Å². The maximum Gasteiger partial charge on any atom is 0.287 e. The lowest BCUT2D eigenvalue weighted by Crippen LogP contribution is -2.17. The number of benzene rings is 1. The van der Waals surface area contributed by atoms with E-state index in [1.165, 1.54) is 64.2 Å². The number of hydrogen-bond donors (Lipinski definition) is 2. The van der Waals surface area contributed by atoms with Crippen LogP contribution in [0.25, 0.3) is 5.69 Å². The zero-order valence-corrected chi connectivity index (χ0v) is 17.4. The van der Waals surface area contributed by atoms with Gasteiger partial charge in [-0.1, -0.05) is 56.7 Å². The number of anilines is 1. The molecule has 6 heteroatoms. The van der Waals surface area contributed by atoms with Gasteiger partial charge < -0.3 is 4.72 Å². The molecular weight excluding hydrogens is 374 g/mol. The standard InChI is InChI=1S/C21H29N3OS2/c25-21-19(26-17-12-6-2-7-13-17)20(23-27-18-14-8-3-9-15-18)22-24(21)16-10-4-1-5-11-16/h1,4-5,10-11,17-18,22-23H,2-3,6-9,12-15H2. The molecule has 2 aromatic rings. The van der Waals surface area contributed by atoms with E-state index in [0.29, 0.717) is 10.5 Å². The molecule has 0 radical (unpaired) electrons. The topological polar surface area (TPSA) is 49.8 Å². The third-order valence-corrected chi connectivity index (χ3v) is 8.12. The fraction of sp³-hybridized carbons (Fsp3) is 0.571. The van der Waals surface area contributed by atoms with Gasteiger partial charge in [-0.05, 0) is 49.8 Å². The number of nitrogens with zero attached hydrogens (tertiary/aromatic N) is 1. The SMILES string of the molecule is O=c1c(SC2CCCCC2)c(NSC2CCCCC2)[nH]n1-c1ccccc1. The van der Waals surface area contributed by atoms with Crippen molar-refractivity contribution in [2.45, 2.75) is 79.6 Å². The van der Waals surface area contributed by atoms with E-state index < -0.39 is 0 Å². The maximum atomic E-state index is 13.2. The van der Waals surface area contributed by atoms with E-state index in [0.717, 1.165) is 16.4 Å². The molecule has 2 saturated carbocycles. The Hall–Kier alpha value is -1.27. The van der Waals surface area contributed by atoms with Crippen molar-refractivity contribution in [3.05, 3.63) is 40.7 Å². The number of H-pyrrole nitrogens is 1. The molecule has 2 aliphatic rings. The third-order valence-electron chi connectivity index (χ3n) is 5.58. The number of nitrogens with one attached hydrogen (secondary N) is 2. The van der Waals surface area contributed by atoms with Gasteiger partial charge in [0.1, 0.15) is 10.7 Å². The van der Waals surface area contributed by atoms with Crippen LogP contribution in [-0.2, 0) is 0 Å². The quantitative estimate of drug-likeness (QED) is 0.582. The van der Waals surface area contributed by atoms with Crippen molar-refractivity contribution in [2.75, 3.05) is 4.72 Å². The number of thioether (sulfide) groups is 1. The van der Waals surface area contributed by atoms with Crippen molar-refractivity contribution in [3.63, 3.8) is 0 Å². The summed E-state index contributed by atoms with van der Waals surface area (Å²) in [5, 5.41) is 4.56. The highest BCUT2D eigenvalue weighted by Crippen LogP contribution is 2.37.